The van der Waals surface area contributed by atoms with Gasteiger partial charge >= 0.3 is 6.09 Å². The number of hydrogen-bond acceptors (Lipinski definition) is 3. The first-order chi connectivity index (χ1) is 13.6. The molecule has 0 aliphatic carbocycles. The molecule has 2 rings (SSSR count). The molecule has 1 atom stereocenters. The molecule has 0 aromatic heterocycles. The van der Waals surface area contributed by atoms with Gasteiger partial charge in [0.05, 0.1) is 5.54 Å². The molecule has 0 saturated carbocycles. The van der Waals surface area contributed by atoms with E-state index < -0.39 is 17.7 Å². The van der Waals surface area contributed by atoms with Gasteiger partial charge in [-0.25, -0.2) is 4.79 Å². The zero-order chi connectivity index (χ0) is 21.6. The lowest BCUT2D eigenvalue weighted by molar-refractivity contribution is 0.0695. The molecule has 0 bridgehead atoms. The summed E-state index contributed by atoms with van der Waals surface area (Å²) in [6.07, 6.45) is -0.897. The van der Waals surface area contributed by atoms with E-state index in [1.165, 1.54) is 0 Å². The summed E-state index contributed by atoms with van der Waals surface area (Å²) in [6.45, 7) is 17.8. The molecule has 4 nitrogen and oxygen atoms in total. The normalized spacial score (nSPS) is 12.0. The molecule has 2 aromatic rings. The number of nitrogens with one attached hydrogen (secondary N) is 1. The van der Waals surface area contributed by atoms with Crippen LogP contribution in [-0.4, -0.2) is 18.8 Å². The number of amides is 1. The Morgan fingerprint density at radius 1 is 1.07 bits per heavy atom. The maximum Gasteiger partial charge on any atom is 0.408 e. The third-order valence-electron chi connectivity index (χ3n) is 4.62. The maximum absolute atomic E-state index is 12.4. The summed E-state index contributed by atoms with van der Waals surface area (Å²) in [4.78, 5) is 12.4. The molecule has 154 valence electrons. The van der Waals surface area contributed by atoms with E-state index in [-0.39, 0.29) is 6.61 Å². The van der Waals surface area contributed by atoms with E-state index in [0.29, 0.717) is 0 Å². The SMILES string of the molecule is C=C(C)c1cccc(C(C)(C)NC(=O)OC(C)COc2ccccc2C(=C)C)c1. The molecule has 2 aromatic carbocycles. The lowest BCUT2D eigenvalue weighted by atomic mass is 9.92. The van der Waals surface area contributed by atoms with Crippen molar-refractivity contribution in [3.8, 4) is 5.75 Å². The Bertz CT molecular complexity index is 898. The van der Waals surface area contributed by atoms with Gasteiger partial charge in [-0.2, -0.15) is 0 Å². The smallest absolute Gasteiger partial charge is 0.408 e. The van der Waals surface area contributed by atoms with Crippen molar-refractivity contribution in [2.75, 3.05) is 6.61 Å². The van der Waals surface area contributed by atoms with Gasteiger partial charge in [-0.05, 0) is 63.5 Å². The monoisotopic (exact) mass is 393 g/mol. The Labute approximate surface area is 174 Å². The van der Waals surface area contributed by atoms with Crippen LogP contribution >= 0.6 is 0 Å². The summed E-state index contributed by atoms with van der Waals surface area (Å²) in [5, 5.41) is 2.94. The summed E-state index contributed by atoms with van der Waals surface area (Å²) < 4.78 is 11.3. The number of allylic oxidation sites excluding steroid dienone is 2. The van der Waals surface area contributed by atoms with Crippen LogP contribution in [0.25, 0.3) is 11.1 Å². The van der Waals surface area contributed by atoms with E-state index in [9.17, 15) is 4.79 Å². The molecule has 0 aliphatic heterocycles. The molecule has 0 heterocycles. The topological polar surface area (TPSA) is 47.6 Å². The minimum Gasteiger partial charge on any atom is -0.489 e. The first-order valence-corrected chi connectivity index (χ1v) is 9.73. The van der Waals surface area contributed by atoms with Crippen molar-refractivity contribution in [2.24, 2.45) is 0 Å². The number of para-hydroxylation sites is 1. The Hall–Kier alpha value is -3.01. The van der Waals surface area contributed by atoms with Gasteiger partial charge in [0, 0.05) is 5.56 Å². The van der Waals surface area contributed by atoms with Crippen LogP contribution in [0.1, 0.15) is 51.3 Å². The van der Waals surface area contributed by atoms with Gasteiger partial charge in [0.25, 0.3) is 0 Å². The van der Waals surface area contributed by atoms with Gasteiger partial charge in [0.1, 0.15) is 18.5 Å². The molecule has 1 N–H and O–H groups in total. The van der Waals surface area contributed by atoms with Crippen LogP contribution in [0.4, 0.5) is 4.79 Å². The van der Waals surface area contributed by atoms with Crippen LogP contribution in [0.2, 0.25) is 0 Å². The molecule has 0 saturated heterocycles. The quantitative estimate of drug-likeness (QED) is 0.582. The van der Waals surface area contributed by atoms with Gasteiger partial charge in [-0.1, -0.05) is 55.1 Å². The predicted octanol–water partition coefficient (Wildman–Crippen LogP) is 6.18. The highest BCUT2D eigenvalue weighted by molar-refractivity contribution is 5.69. The molecule has 1 unspecified atom stereocenters. The zero-order valence-electron chi connectivity index (χ0n) is 18.0. The van der Waals surface area contributed by atoms with Crippen LogP contribution in [0.5, 0.6) is 5.75 Å². The van der Waals surface area contributed by atoms with Crippen molar-refractivity contribution >= 4 is 17.2 Å². The van der Waals surface area contributed by atoms with E-state index in [4.69, 9.17) is 9.47 Å². The number of rotatable bonds is 8. The fourth-order valence-electron chi connectivity index (χ4n) is 2.90. The van der Waals surface area contributed by atoms with Crippen molar-refractivity contribution in [3.05, 3.63) is 78.4 Å². The molecule has 0 radical (unpaired) electrons. The lowest BCUT2D eigenvalue weighted by Crippen LogP contribution is -2.43. The first kappa shape index (κ1) is 22.3. The molecule has 0 aliphatic rings. The van der Waals surface area contributed by atoms with Gasteiger partial charge in [-0.3, -0.25) is 0 Å². The highest BCUT2D eigenvalue weighted by Gasteiger charge is 2.25. The second-order valence-corrected chi connectivity index (χ2v) is 7.91. The van der Waals surface area contributed by atoms with Crippen LogP contribution in [0, 0.1) is 0 Å². The van der Waals surface area contributed by atoms with Crippen molar-refractivity contribution in [2.45, 2.75) is 46.3 Å². The molecular formula is C25H31NO3. The van der Waals surface area contributed by atoms with Gasteiger partial charge in [0.2, 0.25) is 0 Å². The molecule has 0 spiro atoms. The fraction of sp³-hybridized carbons (Fsp3) is 0.320. The summed E-state index contributed by atoms with van der Waals surface area (Å²) >= 11 is 0. The Kier molecular flexibility index (Phi) is 7.27. The van der Waals surface area contributed by atoms with Crippen molar-refractivity contribution in [3.63, 3.8) is 0 Å². The third kappa shape index (κ3) is 6.24. The van der Waals surface area contributed by atoms with Gasteiger partial charge in [-0.15, -0.1) is 0 Å². The molecule has 4 heteroatoms. The molecule has 0 fully saturated rings. The third-order valence-corrected chi connectivity index (χ3v) is 4.62. The summed E-state index contributed by atoms with van der Waals surface area (Å²) in [7, 11) is 0. The van der Waals surface area contributed by atoms with Gasteiger partial charge < -0.3 is 14.8 Å². The van der Waals surface area contributed by atoms with E-state index in [1.807, 2.05) is 76.2 Å². The van der Waals surface area contributed by atoms with Crippen molar-refractivity contribution in [1.82, 2.24) is 5.32 Å². The summed E-state index contributed by atoms with van der Waals surface area (Å²) in [5.74, 6) is 0.729. The van der Waals surface area contributed by atoms with Crippen LogP contribution in [0.15, 0.2) is 61.7 Å². The van der Waals surface area contributed by atoms with E-state index in [1.54, 1.807) is 6.92 Å². The van der Waals surface area contributed by atoms with Crippen LogP contribution in [-0.2, 0) is 10.3 Å². The van der Waals surface area contributed by atoms with E-state index in [2.05, 4.69) is 18.5 Å². The number of ether oxygens (including phenoxy) is 2. The van der Waals surface area contributed by atoms with E-state index >= 15 is 0 Å². The average Bonchev–Trinajstić information content (AvgIpc) is 2.66. The second kappa shape index (κ2) is 9.46. The molecule has 29 heavy (non-hydrogen) atoms. The molecule has 1 amide bonds. The minimum atomic E-state index is -0.588. The van der Waals surface area contributed by atoms with Crippen molar-refractivity contribution in [1.29, 1.82) is 0 Å². The molecular weight excluding hydrogens is 362 g/mol. The average molecular weight is 394 g/mol. The largest absolute Gasteiger partial charge is 0.489 e. The highest BCUT2D eigenvalue weighted by Crippen LogP contribution is 2.25. The Morgan fingerprint density at radius 3 is 2.41 bits per heavy atom. The summed E-state index contributed by atoms with van der Waals surface area (Å²) in [5.41, 5.74) is 4.28. The maximum atomic E-state index is 12.4. The van der Waals surface area contributed by atoms with Crippen LogP contribution < -0.4 is 10.1 Å². The first-order valence-electron chi connectivity index (χ1n) is 9.73. The standard InChI is InChI=1S/C25H31NO3/c1-17(2)20-11-10-12-21(15-20)25(6,7)26-24(27)29-19(5)16-28-23-14-9-8-13-22(23)18(3)4/h8-15,19H,1,3,16H2,2,4-7H3,(H,26,27). The van der Waals surface area contributed by atoms with E-state index in [0.717, 1.165) is 33.6 Å². The number of hydrogen-bond donors (Lipinski definition) is 1. The zero-order valence-corrected chi connectivity index (χ0v) is 18.0. The lowest BCUT2D eigenvalue weighted by Gasteiger charge is -2.28. The predicted molar refractivity (Wildman–Crippen MR) is 120 cm³/mol. The highest BCUT2D eigenvalue weighted by atomic mass is 16.6. The Balaban J connectivity index is 1.95. The van der Waals surface area contributed by atoms with Crippen molar-refractivity contribution < 1.29 is 14.3 Å². The number of alkyl carbamates (subject to hydrolysis) is 1. The number of carbonyl (C=O) groups excluding carboxylic acids is 1. The second-order valence-electron chi connectivity index (χ2n) is 7.91. The summed E-state index contributed by atoms with van der Waals surface area (Å²) in [6, 6.07) is 15.7. The Morgan fingerprint density at radius 2 is 1.76 bits per heavy atom. The van der Waals surface area contributed by atoms with Crippen LogP contribution in [0.3, 0.4) is 0 Å². The van der Waals surface area contributed by atoms with Gasteiger partial charge in [0.15, 0.2) is 0 Å². The fourth-order valence-corrected chi connectivity index (χ4v) is 2.90. The number of carbonyl (C=O) groups is 1. The minimum absolute atomic E-state index is 0.253. The number of benzene rings is 2.